The monoisotopic (exact) mass is 320 g/mol. The van der Waals surface area contributed by atoms with Gasteiger partial charge in [-0.3, -0.25) is 0 Å². The minimum absolute atomic E-state index is 0.264. The molecule has 1 saturated heterocycles. The summed E-state index contributed by atoms with van der Waals surface area (Å²) in [6.45, 7) is 9.27. The Bertz CT molecular complexity index is 634. The third-order valence-electron chi connectivity index (χ3n) is 3.48. The number of esters is 1. The van der Waals surface area contributed by atoms with Gasteiger partial charge in [-0.2, -0.15) is 0 Å². The first-order chi connectivity index (χ1) is 10.4. The summed E-state index contributed by atoms with van der Waals surface area (Å²) in [7, 11) is 0. The van der Waals surface area contributed by atoms with E-state index in [0.717, 1.165) is 31.2 Å². The predicted molar refractivity (Wildman–Crippen MR) is 88.3 cm³/mol. The molecule has 0 atom stereocenters. The molecule has 1 fully saturated rings. The van der Waals surface area contributed by atoms with Crippen molar-refractivity contribution in [1.29, 1.82) is 0 Å². The molecule has 0 radical (unpaired) electrons. The molecule has 22 heavy (non-hydrogen) atoms. The number of thiophene rings is 1. The van der Waals surface area contributed by atoms with Gasteiger partial charge < -0.3 is 14.4 Å². The van der Waals surface area contributed by atoms with Crippen molar-refractivity contribution < 1.29 is 14.3 Å². The first-order valence-electron chi connectivity index (χ1n) is 7.39. The molecular formula is C16H20N2O3S. The molecule has 2 aliphatic heterocycles. The SMILES string of the molecule is CC(C)(C)C1=NC(=Cc2ccc(N3CCOCC3)s2)C(=O)O1. The van der Waals surface area contributed by atoms with Crippen LogP contribution >= 0.6 is 11.3 Å². The van der Waals surface area contributed by atoms with Crippen LogP contribution in [0.1, 0.15) is 25.6 Å². The van der Waals surface area contributed by atoms with Gasteiger partial charge in [0, 0.05) is 23.4 Å². The highest BCUT2D eigenvalue weighted by atomic mass is 32.1. The van der Waals surface area contributed by atoms with Gasteiger partial charge in [0.15, 0.2) is 5.70 Å². The van der Waals surface area contributed by atoms with E-state index in [1.54, 1.807) is 17.4 Å². The van der Waals surface area contributed by atoms with Gasteiger partial charge in [0.25, 0.3) is 0 Å². The second kappa shape index (κ2) is 5.85. The number of anilines is 1. The molecule has 6 heteroatoms. The lowest BCUT2D eigenvalue weighted by Gasteiger charge is -2.27. The number of cyclic esters (lactones) is 1. The minimum atomic E-state index is -0.369. The topological polar surface area (TPSA) is 51.1 Å². The van der Waals surface area contributed by atoms with Crippen molar-refractivity contribution in [2.45, 2.75) is 20.8 Å². The summed E-state index contributed by atoms with van der Waals surface area (Å²) in [5.41, 5.74) is 0.111. The molecule has 0 aromatic carbocycles. The highest BCUT2D eigenvalue weighted by Crippen LogP contribution is 2.30. The van der Waals surface area contributed by atoms with Crippen molar-refractivity contribution in [3.05, 3.63) is 22.7 Å². The third kappa shape index (κ3) is 3.23. The highest BCUT2D eigenvalue weighted by Gasteiger charge is 2.31. The number of carbonyl (C=O) groups is 1. The van der Waals surface area contributed by atoms with Crippen molar-refractivity contribution >= 4 is 34.3 Å². The van der Waals surface area contributed by atoms with Crippen molar-refractivity contribution in [1.82, 2.24) is 0 Å². The van der Waals surface area contributed by atoms with Crippen LogP contribution in [0.15, 0.2) is 22.8 Å². The summed E-state index contributed by atoms with van der Waals surface area (Å²) in [6.07, 6.45) is 1.80. The maximum Gasteiger partial charge on any atom is 0.363 e. The van der Waals surface area contributed by atoms with Gasteiger partial charge in [0.1, 0.15) is 0 Å². The average molecular weight is 320 g/mol. The highest BCUT2D eigenvalue weighted by molar-refractivity contribution is 7.16. The van der Waals surface area contributed by atoms with E-state index < -0.39 is 0 Å². The molecule has 118 valence electrons. The average Bonchev–Trinajstić information content (AvgIpc) is 3.08. The molecule has 0 spiro atoms. The first kappa shape index (κ1) is 15.2. The molecule has 3 rings (SSSR count). The van der Waals surface area contributed by atoms with Gasteiger partial charge >= 0.3 is 5.97 Å². The second-order valence-corrected chi connectivity index (χ2v) is 7.46. The summed E-state index contributed by atoms with van der Waals surface area (Å²) >= 11 is 1.65. The van der Waals surface area contributed by atoms with E-state index in [4.69, 9.17) is 9.47 Å². The zero-order valence-corrected chi connectivity index (χ0v) is 13.9. The Kier molecular flexibility index (Phi) is 4.06. The van der Waals surface area contributed by atoms with Crippen molar-refractivity contribution in [3.63, 3.8) is 0 Å². The van der Waals surface area contributed by atoms with Crippen LogP contribution in [0.4, 0.5) is 5.00 Å². The minimum Gasteiger partial charge on any atom is -0.406 e. The van der Waals surface area contributed by atoms with Crippen LogP contribution in [0.25, 0.3) is 6.08 Å². The summed E-state index contributed by atoms with van der Waals surface area (Å²) in [4.78, 5) is 19.6. The van der Waals surface area contributed by atoms with Crippen molar-refractivity contribution in [3.8, 4) is 0 Å². The number of hydrogen-bond acceptors (Lipinski definition) is 6. The zero-order valence-electron chi connectivity index (χ0n) is 13.1. The maximum atomic E-state index is 11.9. The van der Waals surface area contributed by atoms with Gasteiger partial charge in [-0.1, -0.05) is 20.8 Å². The molecule has 1 aromatic rings. The van der Waals surface area contributed by atoms with Crippen LogP contribution in [-0.2, 0) is 14.3 Å². The molecule has 0 unspecified atom stereocenters. The number of morpholine rings is 1. The quantitative estimate of drug-likeness (QED) is 0.621. The lowest BCUT2D eigenvalue weighted by atomic mass is 9.97. The van der Waals surface area contributed by atoms with E-state index in [0.29, 0.717) is 11.6 Å². The van der Waals surface area contributed by atoms with Crippen LogP contribution in [0.2, 0.25) is 0 Å². The molecule has 0 N–H and O–H groups in total. The second-order valence-electron chi connectivity index (χ2n) is 6.36. The van der Waals surface area contributed by atoms with Crippen molar-refractivity contribution in [2.24, 2.45) is 10.4 Å². The van der Waals surface area contributed by atoms with Crippen LogP contribution in [0.3, 0.4) is 0 Å². The standard InChI is InChI=1S/C16H20N2O3S/c1-16(2,3)15-17-12(14(19)21-15)10-11-4-5-13(22-11)18-6-8-20-9-7-18/h4-5,10H,6-9H2,1-3H3. The zero-order chi connectivity index (χ0) is 15.7. The molecule has 0 aliphatic carbocycles. The molecule has 3 heterocycles. The molecule has 0 amide bonds. The van der Waals surface area contributed by atoms with E-state index in [1.807, 2.05) is 26.8 Å². The third-order valence-corrected chi connectivity index (χ3v) is 4.57. The number of nitrogens with zero attached hydrogens (tertiary/aromatic N) is 2. The van der Waals surface area contributed by atoms with E-state index in [9.17, 15) is 4.79 Å². The van der Waals surface area contributed by atoms with Gasteiger partial charge in [-0.15, -0.1) is 11.3 Å². The molecular weight excluding hydrogens is 300 g/mol. The summed E-state index contributed by atoms with van der Waals surface area (Å²) in [6, 6.07) is 4.09. The van der Waals surface area contributed by atoms with Crippen LogP contribution in [0.5, 0.6) is 0 Å². The van der Waals surface area contributed by atoms with E-state index in [1.165, 1.54) is 5.00 Å². The molecule has 5 nitrogen and oxygen atoms in total. The van der Waals surface area contributed by atoms with Gasteiger partial charge in [-0.05, 0) is 18.2 Å². The smallest absolute Gasteiger partial charge is 0.363 e. The number of ether oxygens (including phenoxy) is 2. The fourth-order valence-corrected chi connectivity index (χ4v) is 3.23. The van der Waals surface area contributed by atoms with E-state index in [2.05, 4.69) is 16.0 Å². The fraction of sp³-hybridized carbons (Fsp3) is 0.500. The molecule has 2 aliphatic rings. The fourth-order valence-electron chi connectivity index (χ4n) is 2.24. The molecule has 0 saturated carbocycles. The van der Waals surface area contributed by atoms with Crippen LogP contribution < -0.4 is 4.90 Å². The number of carbonyl (C=O) groups excluding carboxylic acids is 1. The van der Waals surface area contributed by atoms with Crippen molar-refractivity contribution in [2.75, 3.05) is 31.2 Å². The maximum absolute atomic E-state index is 11.9. The Balaban J connectivity index is 1.79. The largest absolute Gasteiger partial charge is 0.406 e. The Morgan fingerprint density at radius 1 is 1.27 bits per heavy atom. The lowest BCUT2D eigenvalue weighted by molar-refractivity contribution is -0.130. The van der Waals surface area contributed by atoms with Gasteiger partial charge in [-0.25, -0.2) is 9.79 Å². The summed E-state index contributed by atoms with van der Waals surface area (Å²) in [5, 5.41) is 1.20. The van der Waals surface area contributed by atoms with E-state index >= 15 is 0 Å². The van der Waals surface area contributed by atoms with Crippen LogP contribution in [0, 0.1) is 5.41 Å². The Hall–Kier alpha value is -1.66. The van der Waals surface area contributed by atoms with E-state index in [-0.39, 0.29) is 11.4 Å². The Morgan fingerprint density at radius 2 is 2.00 bits per heavy atom. The molecule has 0 bridgehead atoms. The molecule has 1 aromatic heterocycles. The number of aliphatic imine (C=N–C) groups is 1. The normalized spacial score (nSPS) is 21.2. The van der Waals surface area contributed by atoms with Gasteiger partial charge in [0.2, 0.25) is 5.90 Å². The number of hydrogen-bond donors (Lipinski definition) is 0. The van der Waals surface area contributed by atoms with Gasteiger partial charge in [0.05, 0.1) is 18.2 Å². The lowest BCUT2D eigenvalue weighted by Crippen LogP contribution is -2.35. The first-order valence-corrected chi connectivity index (χ1v) is 8.21. The van der Waals surface area contributed by atoms with Crippen LogP contribution in [-0.4, -0.2) is 38.2 Å². The summed E-state index contributed by atoms with van der Waals surface area (Å²) in [5.74, 6) is 0.111. The number of rotatable bonds is 2. The Morgan fingerprint density at radius 3 is 2.64 bits per heavy atom. The summed E-state index contributed by atoms with van der Waals surface area (Å²) < 4.78 is 10.6. The predicted octanol–water partition coefficient (Wildman–Crippen LogP) is 2.93. The Labute approximate surface area is 134 Å².